The van der Waals surface area contributed by atoms with Crippen molar-refractivity contribution < 1.29 is 14.3 Å². The summed E-state index contributed by atoms with van der Waals surface area (Å²) >= 11 is 0. The molecule has 1 aliphatic heterocycles. The summed E-state index contributed by atoms with van der Waals surface area (Å²) in [5, 5.41) is 0. The van der Waals surface area contributed by atoms with E-state index in [0.29, 0.717) is 19.1 Å². The number of hydrogen-bond donors (Lipinski definition) is 1. The summed E-state index contributed by atoms with van der Waals surface area (Å²) in [4.78, 5) is 10.6. The summed E-state index contributed by atoms with van der Waals surface area (Å²) in [5.41, 5.74) is 6.17. The average molecular weight is 221 g/mol. The molecule has 1 aromatic rings. The molecule has 0 aromatic heterocycles. The first-order valence-corrected chi connectivity index (χ1v) is 5.35. The van der Waals surface area contributed by atoms with Gasteiger partial charge in [0.2, 0.25) is 5.91 Å². The van der Waals surface area contributed by atoms with E-state index in [-0.39, 0.29) is 6.61 Å². The molecular formula is C12H15NO3. The number of nitrogens with two attached hydrogens (primary N) is 1. The van der Waals surface area contributed by atoms with Gasteiger partial charge in [0.15, 0.2) is 0 Å². The number of amides is 1. The van der Waals surface area contributed by atoms with Crippen LogP contribution in [0.15, 0.2) is 24.3 Å². The molecular weight excluding hydrogens is 206 g/mol. The molecule has 1 unspecified atom stereocenters. The molecule has 0 radical (unpaired) electrons. The van der Waals surface area contributed by atoms with Gasteiger partial charge >= 0.3 is 0 Å². The van der Waals surface area contributed by atoms with E-state index in [1.165, 1.54) is 0 Å². The highest BCUT2D eigenvalue weighted by molar-refractivity contribution is 5.74. The Labute approximate surface area is 94.3 Å². The van der Waals surface area contributed by atoms with Gasteiger partial charge < -0.3 is 15.2 Å². The molecule has 0 spiro atoms. The number of ether oxygens (including phenoxy) is 2. The van der Waals surface area contributed by atoms with E-state index in [1.54, 1.807) is 0 Å². The maximum absolute atomic E-state index is 10.6. The standard InChI is InChI=1S/C12H15NO3/c13-12(14)8-15-7-9-5-6-16-11-4-2-1-3-10(9)11/h1-4,9H,5-8H2,(H2,13,14). The zero-order chi connectivity index (χ0) is 11.4. The van der Waals surface area contributed by atoms with E-state index in [4.69, 9.17) is 15.2 Å². The van der Waals surface area contributed by atoms with Gasteiger partial charge in [0.1, 0.15) is 12.4 Å². The van der Waals surface area contributed by atoms with Gasteiger partial charge in [-0.3, -0.25) is 4.79 Å². The molecule has 0 saturated heterocycles. The molecule has 1 heterocycles. The Morgan fingerprint density at radius 2 is 2.31 bits per heavy atom. The quantitative estimate of drug-likeness (QED) is 0.826. The normalized spacial score (nSPS) is 18.6. The molecule has 0 aliphatic carbocycles. The van der Waals surface area contributed by atoms with E-state index in [1.807, 2.05) is 24.3 Å². The van der Waals surface area contributed by atoms with E-state index in [0.717, 1.165) is 17.7 Å². The Bertz CT molecular complexity index is 378. The van der Waals surface area contributed by atoms with Gasteiger partial charge in [0.05, 0.1) is 13.2 Å². The van der Waals surface area contributed by atoms with Crippen LogP contribution in [0.25, 0.3) is 0 Å². The van der Waals surface area contributed by atoms with E-state index in [9.17, 15) is 4.79 Å². The first kappa shape index (κ1) is 11.0. The lowest BCUT2D eigenvalue weighted by atomic mass is 9.94. The predicted octanol–water partition coefficient (Wildman–Crippen LogP) is 1.05. The highest BCUT2D eigenvalue weighted by Gasteiger charge is 2.21. The molecule has 2 N–H and O–H groups in total. The van der Waals surface area contributed by atoms with Gasteiger partial charge in [0.25, 0.3) is 0 Å². The first-order chi connectivity index (χ1) is 7.77. The van der Waals surface area contributed by atoms with Crippen molar-refractivity contribution in [2.75, 3.05) is 19.8 Å². The van der Waals surface area contributed by atoms with Gasteiger partial charge in [0, 0.05) is 5.92 Å². The smallest absolute Gasteiger partial charge is 0.243 e. The minimum absolute atomic E-state index is 0.0144. The lowest BCUT2D eigenvalue weighted by molar-refractivity contribution is -0.122. The van der Waals surface area contributed by atoms with Crippen LogP contribution in [0.3, 0.4) is 0 Å². The topological polar surface area (TPSA) is 61.6 Å². The molecule has 1 atom stereocenters. The zero-order valence-electron chi connectivity index (χ0n) is 9.02. The minimum Gasteiger partial charge on any atom is -0.493 e. The molecule has 4 heteroatoms. The van der Waals surface area contributed by atoms with Gasteiger partial charge in [-0.1, -0.05) is 18.2 Å². The van der Waals surface area contributed by atoms with Crippen molar-refractivity contribution in [3.05, 3.63) is 29.8 Å². The number of carbonyl (C=O) groups is 1. The van der Waals surface area contributed by atoms with Crippen molar-refractivity contribution in [3.63, 3.8) is 0 Å². The van der Waals surface area contributed by atoms with Crippen LogP contribution < -0.4 is 10.5 Å². The second-order valence-electron chi connectivity index (χ2n) is 3.85. The second kappa shape index (κ2) is 4.99. The highest BCUT2D eigenvalue weighted by Crippen LogP contribution is 2.33. The van der Waals surface area contributed by atoms with E-state index < -0.39 is 5.91 Å². The summed E-state index contributed by atoms with van der Waals surface area (Å²) < 4.78 is 10.8. The SMILES string of the molecule is NC(=O)COCC1CCOc2ccccc21. The molecule has 2 rings (SSSR count). The summed E-state index contributed by atoms with van der Waals surface area (Å²) in [5.74, 6) is 0.783. The van der Waals surface area contributed by atoms with Crippen molar-refractivity contribution >= 4 is 5.91 Å². The van der Waals surface area contributed by atoms with E-state index >= 15 is 0 Å². The first-order valence-electron chi connectivity index (χ1n) is 5.35. The third-order valence-corrected chi connectivity index (χ3v) is 2.65. The number of rotatable bonds is 4. The highest BCUT2D eigenvalue weighted by atomic mass is 16.5. The van der Waals surface area contributed by atoms with Crippen LogP contribution in [0.4, 0.5) is 0 Å². The van der Waals surface area contributed by atoms with Crippen molar-refractivity contribution in [2.45, 2.75) is 12.3 Å². The Morgan fingerprint density at radius 3 is 3.12 bits per heavy atom. The van der Waals surface area contributed by atoms with Crippen LogP contribution in [0, 0.1) is 0 Å². The molecule has 0 saturated carbocycles. The van der Waals surface area contributed by atoms with Crippen LogP contribution >= 0.6 is 0 Å². The Balaban J connectivity index is 1.99. The third-order valence-electron chi connectivity index (χ3n) is 2.65. The van der Waals surface area contributed by atoms with Gasteiger partial charge in [-0.15, -0.1) is 0 Å². The van der Waals surface area contributed by atoms with Crippen LogP contribution in [-0.4, -0.2) is 25.7 Å². The lowest BCUT2D eigenvalue weighted by Crippen LogP contribution is -2.23. The molecule has 1 aromatic carbocycles. The third kappa shape index (κ3) is 2.52. The zero-order valence-corrected chi connectivity index (χ0v) is 9.02. The summed E-state index contributed by atoms with van der Waals surface area (Å²) in [6.07, 6.45) is 0.912. The van der Waals surface area contributed by atoms with E-state index in [2.05, 4.69) is 0 Å². The van der Waals surface area contributed by atoms with Crippen LogP contribution in [0.5, 0.6) is 5.75 Å². The fourth-order valence-corrected chi connectivity index (χ4v) is 1.89. The van der Waals surface area contributed by atoms with Crippen molar-refractivity contribution in [3.8, 4) is 5.75 Å². The maximum Gasteiger partial charge on any atom is 0.243 e. The second-order valence-corrected chi connectivity index (χ2v) is 3.85. The van der Waals surface area contributed by atoms with Gasteiger partial charge in [-0.25, -0.2) is 0 Å². The number of fused-ring (bicyclic) bond motifs is 1. The Hall–Kier alpha value is -1.55. The number of carbonyl (C=O) groups excluding carboxylic acids is 1. The van der Waals surface area contributed by atoms with Crippen molar-refractivity contribution in [1.29, 1.82) is 0 Å². The summed E-state index contributed by atoms with van der Waals surface area (Å²) in [6.45, 7) is 1.20. The summed E-state index contributed by atoms with van der Waals surface area (Å²) in [6, 6.07) is 7.92. The molecule has 4 nitrogen and oxygen atoms in total. The number of para-hydroxylation sites is 1. The fraction of sp³-hybridized carbons (Fsp3) is 0.417. The van der Waals surface area contributed by atoms with Gasteiger partial charge in [-0.05, 0) is 18.1 Å². The number of benzene rings is 1. The number of primary amides is 1. The van der Waals surface area contributed by atoms with Crippen LogP contribution in [0.1, 0.15) is 17.9 Å². The lowest BCUT2D eigenvalue weighted by Gasteiger charge is -2.25. The predicted molar refractivity (Wildman–Crippen MR) is 59.3 cm³/mol. The Kier molecular flexibility index (Phi) is 3.41. The summed E-state index contributed by atoms with van der Waals surface area (Å²) in [7, 11) is 0. The van der Waals surface area contributed by atoms with Crippen LogP contribution in [-0.2, 0) is 9.53 Å². The van der Waals surface area contributed by atoms with Crippen molar-refractivity contribution in [2.24, 2.45) is 5.73 Å². The Morgan fingerprint density at radius 1 is 1.50 bits per heavy atom. The number of hydrogen-bond acceptors (Lipinski definition) is 3. The molecule has 1 amide bonds. The fourth-order valence-electron chi connectivity index (χ4n) is 1.89. The minimum atomic E-state index is -0.430. The molecule has 1 aliphatic rings. The monoisotopic (exact) mass is 221 g/mol. The molecule has 0 bridgehead atoms. The molecule has 16 heavy (non-hydrogen) atoms. The maximum atomic E-state index is 10.6. The largest absolute Gasteiger partial charge is 0.493 e. The molecule has 86 valence electrons. The van der Waals surface area contributed by atoms with Crippen molar-refractivity contribution in [1.82, 2.24) is 0 Å². The van der Waals surface area contributed by atoms with Crippen LogP contribution in [0.2, 0.25) is 0 Å². The average Bonchev–Trinajstić information content (AvgIpc) is 2.29. The van der Waals surface area contributed by atoms with Gasteiger partial charge in [-0.2, -0.15) is 0 Å². The molecule has 0 fully saturated rings.